The van der Waals surface area contributed by atoms with Gasteiger partial charge in [0.15, 0.2) is 5.44 Å². The van der Waals surface area contributed by atoms with Crippen molar-refractivity contribution in [2.45, 2.75) is 5.44 Å². The summed E-state index contributed by atoms with van der Waals surface area (Å²) in [6.45, 7) is 0.727. The average Bonchev–Trinajstić information content (AvgIpc) is 2.21. The van der Waals surface area contributed by atoms with E-state index in [1.807, 2.05) is 0 Å². The van der Waals surface area contributed by atoms with Crippen molar-refractivity contribution in [1.82, 2.24) is 0 Å². The van der Waals surface area contributed by atoms with Gasteiger partial charge in [-0.3, -0.25) is 4.18 Å². The second-order valence-electron chi connectivity index (χ2n) is 1.08. The maximum Gasteiger partial charge on any atom is 0.166 e. The molecule has 0 aromatic rings. The van der Waals surface area contributed by atoms with E-state index in [1.165, 1.54) is 12.0 Å². The molecule has 0 N–H and O–H groups in total. The minimum atomic E-state index is 0.343. The van der Waals surface area contributed by atoms with E-state index < -0.39 is 0 Å². The third-order valence-corrected chi connectivity index (χ3v) is 1.14. The van der Waals surface area contributed by atoms with Crippen LogP contribution in [0.3, 0.4) is 0 Å². The molecule has 0 aromatic carbocycles. The molecule has 0 bridgehead atoms. The molecule has 0 spiro atoms. The van der Waals surface area contributed by atoms with Crippen LogP contribution >= 0.6 is 12.0 Å². The van der Waals surface area contributed by atoms with Gasteiger partial charge >= 0.3 is 0 Å². The average molecular weight is 106 g/mol. The Balaban J connectivity index is 1.88. The van der Waals surface area contributed by atoms with Gasteiger partial charge in [-0.1, -0.05) is 0 Å². The Kier molecular flexibility index (Phi) is 1.34. The first-order valence-electron chi connectivity index (χ1n) is 1.74. The molecule has 0 radical (unpaired) electrons. The van der Waals surface area contributed by atoms with Crippen molar-refractivity contribution >= 4 is 12.0 Å². The molecular weight excluding hydrogens is 100 g/mol. The van der Waals surface area contributed by atoms with Crippen molar-refractivity contribution in [3.8, 4) is 0 Å². The highest BCUT2D eigenvalue weighted by Crippen LogP contribution is 2.32. The van der Waals surface area contributed by atoms with Crippen molar-refractivity contribution in [1.29, 1.82) is 0 Å². The summed E-state index contributed by atoms with van der Waals surface area (Å²) < 4.78 is 9.46. The van der Waals surface area contributed by atoms with Gasteiger partial charge in [0, 0.05) is 19.2 Å². The molecule has 1 unspecified atom stereocenters. The molecule has 0 aliphatic carbocycles. The Labute approximate surface area is 41.0 Å². The predicted octanol–water partition coefficient (Wildman–Crippen LogP) is 0.637. The Morgan fingerprint density at radius 3 is 2.83 bits per heavy atom. The topological polar surface area (TPSA) is 21.8 Å². The Morgan fingerprint density at radius 1 is 2.00 bits per heavy atom. The smallest absolute Gasteiger partial charge is 0.166 e. The van der Waals surface area contributed by atoms with Gasteiger partial charge in [0.2, 0.25) is 0 Å². The molecule has 1 atom stereocenters. The summed E-state index contributed by atoms with van der Waals surface area (Å²) in [7, 11) is 1.67. The first-order valence-corrected chi connectivity index (χ1v) is 2.55. The number of methoxy groups -OCH3 is 1. The molecule has 0 aromatic heterocycles. The fourth-order valence-corrected chi connectivity index (χ4v) is 0.557. The van der Waals surface area contributed by atoms with Crippen LogP contribution in [0.5, 0.6) is 0 Å². The SMILES string of the molecule is COCC1OS1. The molecule has 1 aliphatic rings. The Bertz CT molecular complexity index is 44.1. The summed E-state index contributed by atoms with van der Waals surface area (Å²) in [4.78, 5) is 0. The van der Waals surface area contributed by atoms with Gasteiger partial charge in [-0.15, -0.1) is 0 Å². The van der Waals surface area contributed by atoms with E-state index in [0.29, 0.717) is 5.44 Å². The lowest BCUT2D eigenvalue weighted by Crippen LogP contribution is -1.92. The highest BCUT2D eigenvalue weighted by Gasteiger charge is 2.23. The van der Waals surface area contributed by atoms with Crippen LogP contribution in [0.25, 0.3) is 0 Å². The summed E-state index contributed by atoms with van der Waals surface area (Å²) in [5.74, 6) is 0. The van der Waals surface area contributed by atoms with Gasteiger partial charge in [-0.25, -0.2) is 0 Å². The number of hydrogen-bond acceptors (Lipinski definition) is 3. The van der Waals surface area contributed by atoms with Crippen molar-refractivity contribution in [2.24, 2.45) is 0 Å². The van der Waals surface area contributed by atoms with Crippen molar-refractivity contribution < 1.29 is 8.92 Å². The van der Waals surface area contributed by atoms with Crippen LogP contribution in [-0.4, -0.2) is 19.2 Å². The lowest BCUT2D eigenvalue weighted by atomic mass is 10.8. The quantitative estimate of drug-likeness (QED) is 0.381. The van der Waals surface area contributed by atoms with Crippen molar-refractivity contribution in [2.75, 3.05) is 13.7 Å². The predicted molar refractivity (Wildman–Crippen MR) is 24.3 cm³/mol. The van der Waals surface area contributed by atoms with Crippen LogP contribution in [0.15, 0.2) is 0 Å². The van der Waals surface area contributed by atoms with E-state index in [2.05, 4.69) is 0 Å². The van der Waals surface area contributed by atoms with Crippen molar-refractivity contribution in [3.63, 3.8) is 0 Å². The summed E-state index contributed by atoms with van der Waals surface area (Å²) in [6, 6.07) is 0. The molecule has 36 valence electrons. The lowest BCUT2D eigenvalue weighted by molar-refractivity contribution is 0.172. The maximum atomic E-state index is 4.74. The molecule has 1 heterocycles. The maximum absolute atomic E-state index is 4.74. The second-order valence-corrected chi connectivity index (χ2v) is 1.99. The number of hydrogen-bond donors (Lipinski definition) is 0. The monoisotopic (exact) mass is 106 g/mol. The van der Waals surface area contributed by atoms with E-state index in [0.717, 1.165) is 6.61 Å². The molecular formula is C3H6O2S. The third-order valence-electron chi connectivity index (χ3n) is 0.535. The highest BCUT2D eigenvalue weighted by atomic mass is 32.2. The molecule has 2 nitrogen and oxygen atoms in total. The number of ether oxygens (including phenoxy) is 1. The van der Waals surface area contributed by atoms with Gasteiger partial charge in [0.1, 0.15) is 0 Å². The van der Waals surface area contributed by atoms with E-state index >= 15 is 0 Å². The third kappa shape index (κ3) is 1.16. The van der Waals surface area contributed by atoms with Gasteiger partial charge in [0.25, 0.3) is 0 Å². The van der Waals surface area contributed by atoms with Crippen LogP contribution in [-0.2, 0) is 8.92 Å². The summed E-state index contributed by atoms with van der Waals surface area (Å²) in [6.07, 6.45) is 0. The molecule has 1 rings (SSSR count). The zero-order valence-electron chi connectivity index (χ0n) is 3.51. The van der Waals surface area contributed by atoms with Gasteiger partial charge in [-0.2, -0.15) is 0 Å². The van der Waals surface area contributed by atoms with Crippen LogP contribution < -0.4 is 0 Å². The van der Waals surface area contributed by atoms with E-state index in [9.17, 15) is 0 Å². The van der Waals surface area contributed by atoms with E-state index in [1.54, 1.807) is 7.11 Å². The van der Waals surface area contributed by atoms with Crippen molar-refractivity contribution in [3.05, 3.63) is 0 Å². The standard InChI is InChI=1S/C3H6O2S/c1-4-2-3-5-6-3/h3H,2H2,1H3. The van der Waals surface area contributed by atoms with E-state index in [4.69, 9.17) is 8.92 Å². The molecule has 1 fully saturated rings. The minimum Gasteiger partial charge on any atom is -0.381 e. The molecule has 3 heteroatoms. The number of rotatable bonds is 2. The molecule has 1 aliphatic heterocycles. The Morgan fingerprint density at radius 2 is 2.67 bits per heavy atom. The first-order chi connectivity index (χ1) is 2.93. The van der Waals surface area contributed by atoms with Gasteiger partial charge in [-0.05, 0) is 0 Å². The largest absolute Gasteiger partial charge is 0.381 e. The van der Waals surface area contributed by atoms with Crippen LogP contribution in [0.4, 0.5) is 0 Å². The lowest BCUT2D eigenvalue weighted by Gasteiger charge is -1.82. The zero-order valence-corrected chi connectivity index (χ0v) is 4.33. The Hall–Kier alpha value is 0.270. The molecule has 6 heavy (non-hydrogen) atoms. The minimum absolute atomic E-state index is 0.343. The van der Waals surface area contributed by atoms with Crippen LogP contribution in [0.1, 0.15) is 0 Å². The zero-order chi connectivity index (χ0) is 4.41. The van der Waals surface area contributed by atoms with Gasteiger partial charge in [0.05, 0.1) is 6.61 Å². The molecule has 0 saturated carbocycles. The summed E-state index contributed by atoms with van der Waals surface area (Å²) in [5, 5.41) is 0. The fourth-order valence-electron chi connectivity index (χ4n) is 0.231. The van der Waals surface area contributed by atoms with Gasteiger partial charge < -0.3 is 4.74 Å². The normalized spacial score (nSPS) is 30.5. The van der Waals surface area contributed by atoms with Crippen LogP contribution in [0.2, 0.25) is 0 Å². The molecule has 0 amide bonds. The molecule has 1 saturated heterocycles. The fraction of sp³-hybridized carbons (Fsp3) is 1.00. The highest BCUT2D eigenvalue weighted by molar-refractivity contribution is 8.00. The first kappa shape index (κ1) is 4.43. The summed E-state index contributed by atoms with van der Waals surface area (Å²) >= 11 is 1.47. The van der Waals surface area contributed by atoms with E-state index in [-0.39, 0.29) is 0 Å². The second kappa shape index (κ2) is 1.82. The summed E-state index contributed by atoms with van der Waals surface area (Å²) in [5.41, 5.74) is 0.343. The van der Waals surface area contributed by atoms with Crippen LogP contribution in [0, 0.1) is 0 Å².